The summed E-state index contributed by atoms with van der Waals surface area (Å²) in [5.41, 5.74) is 0. The van der Waals surface area contributed by atoms with Crippen molar-refractivity contribution in [1.29, 1.82) is 0 Å². The molecule has 0 rings (SSSR count). The number of hydrogen-bond donors (Lipinski definition) is 1. The van der Waals surface area contributed by atoms with Crippen LogP contribution in [0.3, 0.4) is 0 Å². The summed E-state index contributed by atoms with van der Waals surface area (Å²) in [6, 6.07) is 0. The van der Waals surface area contributed by atoms with Gasteiger partial charge in [-0.15, -0.1) is 0 Å². The van der Waals surface area contributed by atoms with Crippen LogP contribution in [-0.2, 0) is 0 Å². The molecule has 2 unspecified atom stereocenters. The highest BCUT2D eigenvalue weighted by Crippen LogP contribution is 2.21. The zero-order valence-corrected chi connectivity index (χ0v) is 9.55. The van der Waals surface area contributed by atoms with Gasteiger partial charge in [0.15, 0.2) is 0 Å². The molecule has 1 N–H and O–H groups in total. The molecule has 0 heterocycles. The fraction of sp³-hybridized carbons (Fsp3) is 1.00. The van der Waals surface area contributed by atoms with Gasteiger partial charge >= 0.3 is 0 Å². The van der Waals surface area contributed by atoms with E-state index in [4.69, 9.17) is 0 Å². The Morgan fingerprint density at radius 3 is 2.23 bits per heavy atom. The topological polar surface area (TPSA) is 20.2 Å². The summed E-state index contributed by atoms with van der Waals surface area (Å²) in [5.74, 6) is 1.23. The van der Waals surface area contributed by atoms with Crippen molar-refractivity contribution in [3.63, 3.8) is 0 Å². The fourth-order valence-corrected chi connectivity index (χ4v) is 1.72. The molecule has 0 aliphatic heterocycles. The van der Waals surface area contributed by atoms with Crippen molar-refractivity contribution in [3.8, 4) is 0 Å². The quantitative estimate of drug-likeness (QED) is 0.574. The van der Waals surface area contributed by atoms with E-state index < -0.39 is 0 Å². The molecule has 0 radical (unpaired) electrons. The highest BCUT2D eigenvalue weighted by molar-refractivity contribution is 4.64. The average Bonchev–Trinajstić information content (AvgIpc) is 2.17. The van der Waals surface area contributed by atoms with Crippen LogP contribution in [0.2, 0.25) is 0 Å². The van der Waals surface area contributed by atoms with Crippen molar-refractivity contribution in [1.82, 2.24) is 0 Å². The number of rotatable bonds is 8. The van der Waals surface area contributed by atoms with Gasteiger partial charge in [0.25, 0.3) is 0 Å². The van der Waals surface area contributed by atoms with Crippen molar-refractivity contribution in [2.75, 3.05) is 6.61 Å². The van der Waals surface area contributed by atoms with E-state index in [0.717, 1.165) is 0 Å². The molecule has 1 nitrogen and oxygen atoms in total. The van der Waals surface area contributed by atoms with Crippen molar-refractivity contribution in [2.45, 2.75) is 59.3 Å². The molecule has 80 valence electrons. The molecule has 0 fully saturated rings. The van der Waals surface area contributed by atoms with E-state index >= 15 is 0 Å². The molecule has 0 aromatic heterocycles. The smallest absolute Gasteiger partial charge is 0.0461 e. The van der Waals surface area contributed by atoms with Gasteiger partial charge in [-0.05, 0) is 18.3 Å². The summed E-state index contributed by atoms with van der Waals surface area (Å²) in [7, 11) is 0. The van der Waals surface area contributed by atoms with Crippen LogP contribution in [0.25, 0.3) is 0 Å². The molecule has 0 bridgehead atoms. The highest BCUT2D eigenvalue weighted by Gasteiger charge is 2.13. The van der Waals surface area contributed by atoms with E-state index in [-0.39, 0.29) is 0 Å². The van der Waals surface area contributed by atoms with Gasteiger partial charge in [0.1, 0.15) is 0 Å². The van der Waals surface area contributed by atoms with Gasteiger partial charge in [-0.25, -0.2) is 0 Å². The Labute approximate surface area is 83.5 Å². The normalized spacial score (nSPS) is 15.7. The third kappa shape index (κ3) is 6.09. The molecule has 1 heteroatoms. The largest absolute Gasteiger partial charge is 0.396 e. The molecule has 0 aliphatic rings. The van der Waals surface area contributed by atoms with Gasteiger partial charge in [0, 0.05) is 6.61 Å². The lowest BCUT2D eigenvalue weighted by Crippen LogP contribution is -2.15. The lowest BCUT2D eigenvalue weighted by Gasteiger charge is -2.20. The minimum atomic E-state index is 0.376. The molecule has 0 amide bonds. The molecule has 2 atom stereocenters. The Morgan fingerprint density at radius 1 is 1.08 bits per heavy atom. The standard InChI is InChI=1S/C12H26O/c1-4-6-7-8-9-12(10-13)11(3)5-2/h11-13H,4-10H2,1-3H3. The van der Waals surface area contributed by atoms with Crippen LogP contribution in [0.4, 0.5) is 0 Å². The third-order valence-electron chi connectivity index (χ3n) is 3.11. The number of hydrogen-bond acceptors (Lipinski definition) is 1. The van der Waals surface area contributed by atoms with Crippen LogP contribution >= 0.6 is 0 Å². The zero-order chi connectivity index (χ0) is 10.1. The number of aliphatic hydroxyl groups excluding tert-OH is 1. The van der Waals surface area contributed by atoms with Crippen LogP contribution in [-0.4, -0.2) is 11.7 Å². The Balaban J connectivity index is 3.47. The molecule has 0 aromatic carbocycles. The first kappa shape index (κ1) is 13.0. The van der Waals surface area contributed by atoms with Gasteiger partial charge in [-0.2, -0.15) is 0 Å². The van der Waals surface area contributed by atoms with Crippen molar-refractivity contribution < 1.29 is 5.11 Å². The predicted octanol–water partition coefficient (Wildman–Crippen LogP) is 3.61. The van der Waals surface area contributed by atoms with E-state index in [2.05, 4.69) is 20.8 Å². The fourth-order valence-electron chi connectivity index (χ4n) is 1.72. The van der Waals surface area contributed by atoms with Gasteiger partial charge in [-0.1, -0.05) is 52.9 Å². The lowest BCUT2D eigenvalue weighted by molar-refractivity contribution is 0.168. The Morgan fingerprint density at radius 2 is 1.77 bits per heavy atom. The van der Waals surface area contributed by atoms with E-state index in [0.29, 0.717) is 18.4 Å². The minimum Gasteiger partial charge on any atom is -0.396 e. The molecule has 0 aliphatic carbocycles. The molecular weight excluding hydrogens is 160 g/mol. The number of aliphatic hydroxyl groups is 1. The SMILES string of the molecule is CCCCCCC(CO)C(C)CC. The Hall–Kier alpha value is -0.0400. The first-order chi connectivity index (χ1) is 6.26. The summed E-state index contributed by atoms with van der Waals surface area (Å²) in [5, 5.41) is 9.18. The van der Waals surface area contributed by atoms with E-state index in [1.165, 1.54) is 38.5 Å². The Kier molecular flexibility index (Phi) is 8.53. The average molecular weight is 186 g/mol. The predicted molar refractivity (Wildman–Crippen MR) is 58.8 cm³/mol. The van der Waals surface area contributed by atoms with Crippen LogP contribution in [0, 0.1) is 11.8 Å². The van der Waals surface area contributed by atoms with Crippen molar-refractivity contribution in [2.24, 2.45) is 11.8 Å². The summed E-state index contributed by atoms with van der Waals surface area (Å²) in [6.45, 7) is 7.07. The van der Waals surface area contributed by atoms with Gasteiger partial charge in [0.2, 0.25) is 0 Å². The summed E-state index contributed by atoms with van der Waals surface area (Å²) in [4.78, 5) is 0. The van der Waals surface area contributed by atoms with E-state index in [9.17, 15) is 5.11 Å². The second-order valence-corrected chi connectivity index (χ2v) is 4.18. The van der Waals surface area contributed by atoms with Crippen LogP contribution in [0.15, 0.2) is 0 Å². The second-order valence-electron chi connectivity index (χ2n) is 4.18. The molecule has 0 aromatic rings. The first-order valence-corrected chi connectivity index (χ1v) is 5.87. The van der Waals surface area contributed by atoms with Gasteiger partial charge in [0.05, 0.1) is 0 Å². The molecule has 0 spiro atoms. The van der Waals surface area contributed by atoms with E-state index in [1.54, 1.807) is 0 Å². The Bertz CT molecular complexity index is 101. The molecule has 13 heavy (non-hydrogen) atoms. The van der Waals surface area contributed by atoms with Crippen LogP contribution in [0.5, 0.6) is 0 Å². The molecular formula is C12H26O. The van der Waals surface area contributed by atoms with E-state index in [1.807, 2.05) is 0 Å². The van der Waals surface area contributed by atoms with Crippen LogP contribution < -0.4 is 0 Å². The summed E-state index contributed by atoms with van der Waals surface area (Å²) in [6.07, 6.45) is 7.68. The molecule has 0 saturated heterocycles. The maximum atomic E-state index is 9.18. The number of unbranched alkanes of at least 4 members (excludes halogenated alkanes) is 3. The maximum Gasteiger partial charge on any atom is 0.0461 e. The van der Waals surface area contributed by atoms with Gasteiger partial charge in [-0.3, -0.25) is 0 Å². The zero-order valence-electron chi connectivity index (χ0n) is 9.55. The summed E-state index contributed by atoms with van der Waals surface area (Å²) >= 11 is 0. The minimum absolute atomic E-state index is 0.376. The van der Waals surface area contributed by atoms with Gasteiger partial charge < -0.3 is 5.11 Å². The first-order valence-electron chi connectivity index (χ1n) is 5.87. The second kappa shape index (κ2) is 8.55. The third-order valence-corrected chi connectivity index (χ3v) is 3.11. The maximum absolute atomic E-state index is 9.18. The lowest BCUT2D eigenvalue weighted by atomic mass is 9.88. The van der Waals surface area contributed by atoms with Crippen molar-refractivity contribution >= 4 is 0 Å². The van der Waals surface area contributed by atoms with Crippen molar-refractivity contribution in [3.05, 3.63) is 0 Å². The highest BCUT2D eigenvalue weighted by atomic mass is 16.3. The monoisotopic (exact) mass is 186 g/mol. The molecule has 0 saturated carbocycles. The van der Waals surface area contributed by atoms with Crippen LogP contribution in [0.1, 0.15) is 59.3 Å². The summed E-state index contributed by atoms with van der Waals surface area (Å²) < 4.78 is 0.